The second-order valence-corrected chi connectivity index (χ2v) is 5.77. The largest absolute Gasteiger partial charge is 0.494 e. The van der Waals surface area contributed by atoms with E-state index in [1.165, 1.54) is 7.11 Å². The van der Waals surface area contributed by atoms with Crippen LogP contribution in [0.1, 0.15) is 10.4 Å². The normalized spacial score (nSPS) is 11.4. The Bertz CT molecular complexity index is 617. The number of nitrogens with one attached hydrogen (secondary N) is 1. The molecule has 0 fully saturated rings. The van der Waals surface area contributed by atoms with Gasteiger partial charge in [0.1, 0.15) is 10.5 Å². The van der Waals surface area contributed by atoms with Crippen molar-refractivity contribution in [2.45, 2.75) is 4.90 Å². The number of aromatic carboxylic acids is 1. The first-order chi connectivity index (χ1) is 9.83. The Labute approximate surface area is 126 Å². The van der Waals surface area contributed by atoms with Crippen LogP contribution in [0.5, 0.6) is 5.75 Å². The van der Waals surface area contributed by atoms with E-state index in [0.717, 1.165) is 19.2 Å². The number of hydrogen-bond donors (Lipinski definition) is 2. The molecule has 0 aliphatic rings. The van der Waals surface area contributed by atoms with Gasteiger partial charge in [-0.25, -0.2) is 13.2 Å². The van der Waals surface area contributed by atoms with Crippen LogP contribution in [-0.4, -0.2) is 46.9 Å². The maximum Gasteiger partial charge on any atom is 0.339 e. The van der Waals surface area contributed by atoms with Crippen molar-refractivity contribution in [2.75, 3.05) is 27.4 Å². The summed E-state index contributed by atoms with van der Waals surface area (Å²) in [5.41, 5.74) is -0.373. The minimum Gasteiger partial charge on any atom is -0.494 e. The van der Waals surface area contributed by atoms with Crippen LogP contribution in [0.3, 0.4) is 0 Å². The fourth-order valence-corrected chi connectivity index (χ4v) is 2.76. The van der Waals surface area contributed by atoms with Crippen molar-refractivity contribution in [3.63, 3.8) is 0 Å². The average molecular weight is 340 g/mol. The monoisotopic (exact) mass is 339 g/mol. The molecule has 0 spiro atoms. The summed E-state index contributed by atoms with van der Waals surface area (Å²) >= 11 is 5.74. The van der Waals surface area contributed by atoms with Gasteiger partial charge < -0.3 is 14.6 Å². The number of carbonyl (C=O) groups is 1. The van der Waals surface area contributed by atoms with Crippen molar-refractivity contribution in [3.8, 4) is 5.75 Å². The van der Waals surface area contributed by atoms with Crippen molar-refractivity contribution in [3.05, 3.63) is 22.7 Å². The van der Waals surface area contributed by atoms with Crippen molar-refractivity contribution >= 4 is 27.6 Å². The fraction of sp³-hybridized carbons (Fsp3) is 0.364. The SMILES string of the molecule is COCCONS(=O)(=O)c1cc(Cl)cc(C(=O)O)c1OC. The molecule has 21 heavy (non-hydrogen) atoms. The van der Waals surface area contributed by atoms with E-state index in [9.17, 15) is 13.2 Å². The molecule has 1 aromatic rings. The van der Waals surface area contributed by atoms with Crippen LogP contribution in [0, 0.1) is 0 Å². The van der Waals surface area contributed by atoms with Crippen LogP contribution in [0.15, 0.2) is 17.0 Å². The lowest BCUT2D eigenvalue weighted by atomic mass is 10.2. The first-order valence-corrected chi connectivity index (χ1v) is 7.43. The molecular weight excluding hydrogens is 326 g/mol. The van der Waals surface area contributed by atoms with Crippen LogP contribution in [0.25, 0.3) is 0 Å². The summed E-state index contributed by atoms with van der Waals surface area (Å²) in [4.78, 5) is 17.2. The minimum atomic E-state index is -4.16. The second kappa shape index (κ2) is 7.57. The Hall–Kier alpha value is -1.39. The lowest BCUT2D eigenvalue weighted by Crippen LogP contribution is -2.26. The Kier molecular flexibility index (Phi) is 6.37. The van der Waals surface area contributed by atoms with Gasteiger partial charge in [0.25, 0.3) is 10.0 Å². The summed E-state index contributed by atoms with van der Waals surface area (Å²) in [5, 5.41) is 8.99. The van der Waals surface area contributed by atoms with Crippen molar-refractivity contribution in [2.24, 2.45) is 0 Å². The van der Waals surface area contributed by atoms with Crippen LogP contribution in [0.4, 0.5) is 0 Å². The summed E-state index contributed by atoms with van der Waals surface area (Å²) in [6, 6.07) is 2.16. The second-order valence-electron chi connectivity index (χ2n) is 3.72. The zero-order valence-corrected chi connectivity index (χ0v) is 12.8. The van der Waals surface area contributed by atoms with Gasteiger partial charge in [0.15, 0.2) is 5.75 Å². The Morgan fingerprint density at radius 3 is 2.52 bits per heavy atom. The molecule has 0 aromatic heterocycles. The highest BCUT2D eigenvalue weighted by molar-refractivity contribution is 7.89. The van der Waals surface area contributed by atoms with E-state index in [1.54, 1.807) is 0 Å². The number of sulfonamides is 1. The van der Waals surface area contributed by atoms with E-state index < -0.39 is 20.9 Å². The molecule has 118 valence electrons. The van der Waals surface area contributed by atoms with Gasteiger partial charge in [0.2, 0.25) is 0 Å². The van der Waals surface area contributed by atoms with Crippen LogP contribution >= 0.6 is 11.6 Å². The quantitative estimate of drug-likeness (QED) is 0.534. The van der Waals surface area contributed by atoms with E-state index >= 15 is 0 Å². The van der Waals surface area contributed by atoms with E-state index in [1.807, 2.05) is 4.89 Å². The van der Waals surface area contributed by atoms with Gasteiger partial charge in [-0.1, -0.05) is 16.5 Å². The third-order valence-electron chi connectivity index (χ3n) is 2.30. The number of rotatable bonds is 8. The smallest absolute Gasteiger partial charge is 0.339 e. The third kappa shape index (κ3) is 4.55. The number of carboxylic acids is 1. The summed E-state index contributed by atoms with van der Waals surface area (Å²) in [5.74, 6) is -1.71. The van der Waals surface area contributed by atoms with E-state index in [4.69, 9.17) is 31.0 Å². The molecule has 10 heteroatoms. The third-order valence-corrected chi connectivity index (χ3v) is 3.74. The first-order valence-electron chi connectivity index (χ1n) is 5.57. The molecular formula is C11H14ClNO7S. The standard InChI is InChI=1S/C11H14ClNO7S/c1-18-3-4-20-13-21(16,17)9-6-7(12)5-8(11(14)15)10(9)19-2/h5-6,13H,3-4H2,1-2H3,(H,14,15). The molecule has 0 saturated carbocycles. The molecule has 0 amide bonds. The highest BCUT2D eigenvalue weighted by Crippen LogP contribution is 2.31. The van der Waals surface area contributed by atoms with Crippen molar-refractivity contribution in [1.29, 1.82) is 0 Å². The summed E-state index contributed by atoms with van der Waals surface area (Å²) in [6.45, 7) is 0.153. The molecule has 0 heterocycles. The maximum atomic E-state index is 12.1. The highest BCUT2D eigenvalue weighted by atomic mass is 35.5. The lowest BCUT2D eigenvalue weighted by molar-refractivity contribution is 0.0438. The molecule has 0 aliphatic heterocycles. The molecule has 0 atom stereocenters. The fourth-order valence-electron chi connectivity index (χ4n) is 1.43. The van der Waals surface area contributed by atoms with Gasteiger partial charge >= 0.3 is 5.97 Å². The average Bonchev–Trinajstić information content (AvgIpc) is 2.42. The molecule has 0 unspecified atom stereocenters. The summed E-state index contributed by atoms with van der Waals surface area (Å²) in [6.07, 6.45) is 0. The molecule has 0 radical (unpaired) electrons. The van der Waals surface area contributed by atoms with E-state index in [0.29, 0.717) is 0 Å². The molecule has 0 bridgehead atoms. The van der Waals surface area contributed by atoms with Gasteiger partial charge in [-0.15, -0.1) is 0 Å². The molecule has 0 aliphatic carbocycles. The lowest BCUT2D eigenvalue weighted by Gasteiger charge is -2.13. The predicted molar refractivity (Wildman–Crippen MR) is 73.1 cm³/mol. The Balaban J connectivity index is 3.19. The molecule has 0 saturated heterocycles. The Morgan fingerprint density at radius 1 is 1.33 bits per heavy atom. The highest BCUT2D eigenvalue weighted by Gasteiger charge is 2.26. The van der Waals surface area contributed by atoms with E-state index in [2.05, 4.69) is 0 Å². The summed E-state index contributed by atoms with van der Waals surface area (Å²) < 4.78 is 33.7. The number of ether oxygens (including phenoxy) is 2. The summed E-state index contributed by atoms with van der Waals surface area (Å²) in [7, 11) is -1.58. The van der Waals surface area contributed by atoms with Crippen molar-refractivity contribution < 1.29 is 32.6 Å². The molecule has 1 rings (SSSR count). The van der Waals surface area contributed by atoms with Crippen LogP contribution in [-0.2, 0) is 19.6 Å². The molecule has 8 nitrogen and oxygen atoms in total. The number of carboxylic acid groups (broad SMARTS) is 1. The van der Waals surface area contributed by atoms with Gasteiger partial charge in [0.05, 0.1) is 20.3 Å². The van der Waals surface area contributed by atoms with Gasteiger partial charge in [0, 0.05) is 12.1 Å². The van der Waals surface area contributed by atoms with Crippen LogP contribution < -0.4 is 9.62 Å². The number of benzene rings is 1. The van der Waals surface area contributed by atoms with E-state index in [-0.39, 0.29) is 29.5 Å². The topological polar surface area (TPSA) is 111 Å². The predicted octanol–water partition coefficient (Wildman–Crippen LogP) is 0.903. The van der Waals surface area contributed by atoms with Gasteiger partial charge in [-0.3, -0.25) is 4.84 Å². The zero-order valence-electron chi connectivity index (χ0n) is 11.3. The number of halogens is 1. The van der Waals surface area contributed by atoms with Crippen molar-refractivity contribution in [1.82, 2.24) is 4.89 Å². The first kappa shape index (κ1) is 17.7. The number of hydrogen-bond acceptors (Lipinski definition) is 6. The molecule has 1 aromatic carbocycles. The Morgan fingerprint density at radius 2 is 2.00 bits per heavy atom. The maximum absolute atomic E-state index is 12.1. The molecule has 2 N–H and O–H groups in total. The minimum absolute atomic E-state index is 0.0234. The number of methoxy groups -OCH3 is 2. The van der Waals surface area contributed by atoms with Gasteiger partial charge in [-0.05, 0) is 12.1 Å². The van der Waals surface area contributed by atoms with Crippen LogP contribution in [0.2, 0.25) is 5.02 Å². The zero-order chi connectivity index (χ0) is 16.0. The van der Waals surface area contributed by atoms with Gasteiger partial charge in [-0.2, -0.15) is 0 Å².